The summed E-state index contributed by atoms with van der Waals surface area (Å²) in [4.78, 5) is 4.02. The summed E-state index contributed by atoms with van der Waals surface area (Å²) in [6.07, 6.45) is 0.729. The van der Waals surface area contributed by atoms with Crippen LogP contribution in [0.1, 0.15) is 0 Å². The minimum absolute atomic E-state index is 0.114. The molecule has 20 heavy (non-hydrogen) atoms. The number of nitrogen functional groups attached to an aromatic ring is 1. The highest BCUT2D eigenvalue weighted by Crippen LogP contribution is 2.23. The van der Waals surface area contributed by atoms with E-state index < -0.39 is 10.0 Å². The molecular weight excluding hydrogens is 284 g/mol. The molecule has 0 bridgehead atoms. The van der Waals surface area contributed by atoms with Crippen LogP contribution >= 0.6 is 0 Å². The monoisotopic (exact) mass is 302 g/mol. The van der Waals surface area contributed by atoms with Gasteiger partial charge in [-0.3, -0.25) is 0 Å². The molecule has 1 fully saturated rings. The summed E-state index contributed by atoms with van der Waals surface area (Å²) in [7, 11) is -0.532. The summed E-state index contributed by atoms with van der Waals surface area (Å²) in [5.41, 5.74) is 2.35. The summed E-state index contributed by atoms with van der Waals surface area (Å²) in [6, 6.07) is 2.96. The maximum atomic E-state index is 12.5. The predicted molar refractivity (Wildman–Crippen MR) is 72.4 cm³/mol. The number of nitrogens with two attached hydrogens (primary N) is 1. The lowest BCUT2D eigenvalue weighted by atomic mass is 10.3. The molecule has 2 atom stereocenters. The Hall–Kier alpha value is -1.26. The Bertz CT molecular complexity index is 536. The van der Waals surface area contributed by atoms with Gasteiger partial charge in [-0.15, -0.1) is 0 Å². The standard InChI is InChI=1S/C11H18N4O4S/c1-18-9-6-15(7-10(9)19-2)20(16,17)8-3-4-11(14-12)13-5-8/h3-5,9-10H,6-7,12H2,1-2H3,(H,13,14). The van der Waals surface area contributed by atoms with Crippen LogP contribution in [0.5, 0.6) is 0 Å². The van der Waals surface area contributed by atoms with Crippen molar-refractivity contribution in [3.8, 4) is 0 Å². The first-order valence-electron chi connectivity index (χ1n) is 6.01. The summed E-state index contributed by atoms with van der Waals surface area (Å²) in [5, 5.41) is 0. The molecule has 0 spiro atoms. The largest absolute Gasteiger partial charge is 0.377 e. The molecule has 0 aromatic carbocycles. The zero-order chi connectivity index (χ0) is 14.8. The fourth-order valence-corrected chi connectivity index (χ4v) is 3.54. The van der Waals surface area contributed by atoms with Gasteiger partial charge in [0.1, 0.15) is 10.7 Å². The molecule has 0 aliphatic carbocycles. The third-order valence-corrected chi connectivity index (χ3v) is 5.12. The minimum Gasteiger partial charge on any atom is -0.377 e. The number of methoxy groups -OCH3 is 2. The number of rotatable bonds is 5. The Balaban J connectivity index is 2.22. The Labute approximate surface area is 117 Å². The molecule has 1 aromatic rings. The van der Waals surface area contributed by atoms with E-state index in [0.717, 1.165) is 0 Å². The van der Waals surface area contributed by atoms with Crippen LogP contribution in [-0.4, -0.2) is 57.2 Å². The number of sulfonamides is 1. The van der Waals surface area contributed by atoms with E-state index in [2.05, 4.69) is 10.4 Å². The van der Waals surface area contributed by atoms with Crippen LogP contribution < -0.4 is 11.3 Å². The molecule has 112 valence electrons. The van der Waals surface area contributed by atoms with E-state index in [0.29, 0.717) is 5.82 Å². The number of hydrogen-bond acceptors (Lipinski definition) is 7. The summed E-state index contributed by atoms with van der Waals surface area (Å²) >= 11 is 0. The van der Waals surface area contributed by atoms with Gasteiger partial charge in [0, 0.05) is 33.5 Å². The van der Waals surface area contributed by atoms with Crippen molar-refractivity contribution in [1.29, 1.82) is 0 Å². The summed E-state index contributed by atoms with van der Waals surface area (Å²) in [6.45, 7) is 0.516. The molecule has 1 saturated heterocycles. The van der Waals surface area contributed by atoms with E-state index in [-0.39, 0.29) is 30.2 Å². The highest BCUT2D eigenvalue weighted by Gasteiger charge is 2.39. The molecule has 2 heterocycles. The van der Waals surface area contributed by atoms with Crippen molar-refractivity contribution >= 4 is 15.8 Å². The molecule has 3 N–H and O–H groups in total. The van der Waals surface area contributed by atoms with E-state index in [4.69, 9.17) is 15.3 Å². The second-order valence-electron chi connectivity index (χ2n) is 4.39. The first-order valence-corrected chi connectivity index (χ1v) is 7.45. The third kappa shape index (κ3) is 2.76. The zero-order valence-electron chi connectivity index (χ0n) is 11.3. The number of anilines is 1. The van der Waals surface area contributed by atoms with Crippen molar-refractivity contribution < 1.29 is 17.9 Å². The smallest absolute Gasteiger partial charge is 0.244 e. The van der Waals surface area contributed by atoms with Crippen LogP contribution in [0.25, 0.3) is 0 Å². The van der Waals surface area contributed by atoms with Gasteiger partial charge < -0.3 is 14.9 Å². The topological polar surface area (TPSA) is 107 Å². The van der Waals surface area contributed by atoms with Crippen molar-refractivity contribution in [2.75, 3.05) is 32.7 Å². The number of nitrogens with one attached hydrogen (secondary N) is 1. The lowest BCUT2D eigenvalue weighted by Gasteiger charge is -2.15. The Kier molecular flexibility index (Phi) is 4.55. The minimum atomic E-state index is -3.61. The Morgan fingerprint density at radius 2 is 1.90 bits per heavy atom. The van der Waals surface area contributed by atoms with Gasteiger partial charge in [-0.2, -0.15) is 4.31 Å². The van der Waals surface area contributed by atoms with Crippen LogP contribution in [0.2, 0.25) is 0 Å². The van der Waals surface area contributed by atoms with Gasteiger partial charge in [0.05, 0.1) is 12.2 Å². The van der Waals surface area contributed by atoms with Crippen LogP contribution in [0.15, 0.2) is 23.2 Å². The molecule has 2 rings (SSSR count). The van der Waals surface area contributed by atoms with E-state index in [1.54, 1.807) is 0 Å². The lowest BCUT2D eigenvalue weighted by molar-refractivity contribution is -0.00461. The molecule has 1 aliphatic rings. The van der Waals surface area contributed by atoms with Crippen molar-refractivity contribution in [2.24, 2.45) is 5.84 Å². The highest BCUT2D eigenvalue weighted by atomic mass is 32.2. The molecule has 9 heteroatoms. The van der Waals surface area contributed by atoms with Crippen molar-refractivity contribution in [1.82, 2.24) is 9.29 Å². The van der Waals surface area contributed by atoms with Gasteiger partial charge in [-0.25, -0.2) is 19.2 Å². The molecule has 1 aliphatic heterocycles. The number of hydrazine groups is 1. The molecular formula is C11H18N4O4S. The molecule has 2 unspecified atom stereocenters. The number of pyridine rings is 1. The Morgan fingerprint density at radius 3 is 2.30 bits per heavy atom. The predicted octanol–water partition coefficient (Wildman–Crippen LogP) is -0.598. The average molecular weight is 302 g/mol. The van der Waals surface area contributed by atoms with E-state index in [1.807, 2.05) is 0 Å². The molecule has 0 amide bonds. The first kappa shape index (κ1) is 15.1. The number of hydrogen-bond donors (Lipinski definition) is 2. The molecule has 0 radical (unpaired) electrons. The van der Waals surface area contributed by atoms with E-state index >= 15 is 0 Å². The van der Waals surface area contributed by atoms with E-state index in [9.17, 15) is 8.42 Å². The summed E-state index contributed by atoms with van der Waals surface area (Å²) < 4.78 is 36.8. The molecule has 0 saturated carbocycles. The van der Waals surface area contributed by atoms with Gasteiger partial charge in [-0.1, -0.05) is 0 Å². The maximum absolute atomic E-state index is 12.5. The second kappa shape index (κ2) is 6.02. The van der Waals surface area contributed by atoms with Gasteiger partial charge in [0.2, 0.25) is 10.0 Å². The first-order chi connectivity index (χ1) is 9.52. The quantitative estimate of drug-likeness (QED) is 0.552. The lowest BCUT2D eigenvalue weighted by Crippen LogP contribution is -2.30. The SMILES string of the molecule is COC1CN(S(=O)(=O)c2ccc(NN)nc2)CC1OC. The number of aromatic nitrogens is 1. The Morgan fingerprint density at radius 1 is 1.30 bits per heavy atom. The van der Waals surface area contributed by atoms with Gasteiger partial charge in [-0.05, 0) is 12.1 Å². The second-order valence-corrected chi connectivity index (χ2v) is 6.33. The number of ether oxygens (including phenoxy) is 2. The van der Waals surface area contributed by atoms with Gasteiger partial charge in [0.15, 0.2) is 0 Å². The highest BCUT2D eigenvalue weighted by molar-refractivity contribution is 7.89. The maximum Gasteiger partial charge on any atom is 0.244 e. The van der Waals surface area contributed by atoms with Crippen molar-refractivity contribution in [2.45, 2.75) is 17.1 Å². The fourth-order valence-electron chi connectivity index (χ4n) is 2.13. The zero-order valence-corrected chi connectivity index (χ0v) is 12.1. The fraction of sp³-hybridized carbons (Fsp3) is 0.545. The molecule has 1 aromatic heterocycles. The van der Waals surface area contributed by atoms with E-state index in [1.165, 1.54) is 36.9 Å². The molecule has 8 nitrogen and oxygen atoms in total. The third-order valence-electron chi connectivity index (χ3n) is 3.31. The van der Waals surface area contributed by atoms with Crippen LogP contribution in [0.3, 0.4) is 0 Å². The van der Waals surface area contributed by atoms with Gasteiger partial charge >= 0.3 is 0 Å². The average Bonchev–Trinajstić information content (AvgIpc) is 2.91. The van der Waals surface area contributed by atoms with Crippen LogP contribution in [-0.2, 0) is 19.5 Å². The normalized spacial score (nSPS) is 23.9. The van der Waals surface area contributed by atoms with Crippen molar-refractivity contribution in [3.05, 3.63) is 18.3 Å². The number of nitrogens with zero attached hydrogens (tertiary/aromatic N) is 2. The van der Waals surface area contributed by atoms with Crippen molar-refractivity contribution in [3.63, 3.8) is 0 Å². The van der Waals surface area contributed by atoms with Crippen LogP contribution in [0.4, 0.5) is 5.82 Å². The van der Waals surface area contributed by atoms with Crippen LogP contribution in [0, 0.1) is 0 Å². The van der Waals surface area contributed by atoms with Gasteiger partial charge in [0.25, 0.3) is 0 Å². The summed E-state index contributed by atoms with van der Waals surface area (Å²) in [5.74, 6) is 5.60.